The molecule has 0 saturated heterocycles. The quantitative estimate of drug-likeness (QED) is 0.324. The Morgan fingerprint density at radius 3 is 2.13 bits per heavy atom. The number of hydrogen-bond acceptors (Lipinski definition) is 8. The maximum absolute atomic E-state index is 12.1. The molecule has 0 atom stereocenters. The average molecular weight is 517 g/mol. The lowest BCUT2D eigenvalue weighted by atomic mass is 10.1. The van der Waals surface area contributed by atoms with Gasteiger partial charge in [-0.3, -0.25) is 20.6 Å². The number of amides is 2. The number of aromatic nitrogens is 2. The molecule has 10 heteroatoms. The van der Waals surface area contributed by atoms with Gasteiger partial charge in [-0.25, -0.2) is 9.78 Å². The molecule has 0 spiro atoms. The predicted molar refractivity (Wildman–Crippen MR) is 144 cm³/mol. The molecular formula is C28H32N6O4. The van der Waals surface area contributed by atoms with E-state index in [1.165, 1.54) is 4.90 Å². The van der Waals surface area contributed by atoms with Gasteiger partial charge in [-0.2, -0.15) is 0 Å². The third-order valence-electron chi connectivity index (χ3n) is 5.26. The topological polar surface area (TPSA) is 141 Å². The molecule has 1 heterocycles. The Morgan fingerprint density at radius 2 is 1.55 bits per heavy atom. The van der Waals surface area contributed by atoms with Crippen LogP contribution in [0.15, 0.2) is 54.7 Å². The number of alkyl carbamates (subject to hydrolysis) is 1. The Bertz CT molecular complexity index is 1340. The van der Waals surface area contributed by atoms with E-state index < -0.39 is 11.7 Å². The highest BCUT2D eigenvalue weighted by Crippen LogP contribution is 2.20. The first-order chi connectivity index (χ1) is 17.8. The van der Waals surface area contributed by atoms with Crippen LogP contribution in [-0.2, 0) is 16.0 Å². The minimum Gasteiger partial charge on any atom is -0.444 e. The van der Waals surface area contributed by atoms with Crippen molar-refractivity contribution in [3.8, 4) is 11.3 Å². The first kappa shape index (κ1) is 28.0. The Morgan fingerprint density at radius 1 is 0.947 bits per heavy atom. The lowest BCUT2D eigenvalue weighted by Crippen LogP contribution is -2.32. The van der Waals surface area contributed by atoms with Crippen LogP contribution in [0.5, 0.6) is 0 Å². The molecule has 38 heavy (non-hydrogen) atoms. The lowest BCUT2D eigenvalue weighted by Gasteiger charge is -2.19. The molecule has 0 unspecified atom stereocenters. The Kier molecular flexibility index (Phi) is 8.57. The van der Waals surface area contributed by atoms with Crippen LogP contribution >= 0.6 is 0 Å². The average Bonchev–Trinajstić information content (AvgIpc) is 2.86. The van der Waals surface area contributed by atoms with Gasteiger partial charge in [0.1, 0.15) is 11.3 Å². The van der Waals surface area contributed by atoms with Crippen molar-refractivity contribution in [1.82, 2.24) is 20.2 Å². The number of carbonyl (C=O) groups excluding carboxylic acids is 2. The number of nitrogens with one attached hydrogen (secondary N) is 3. The van der Waals surface area contributed by atoms with Crippen molar-refractivity contribution in [1.29, 1.82) is 10.8 Å². The molecule has 10 nitrogen and oxygen atoms in total. The van der Waals surface area contributed by atoms with Crippen LogP contribution < -0.4 is 5.32 Å². The third kappa shape index (κ3) is 7.45. The van der Waals surface area contributed by atoms with Crippen LogP contribution in [0, 0.1) is 17.7 Å². The minimum absolute atomic E-state index is 0.103. The van der Waals surface area contributed by atoms with Gasteiger partial charge in [0.05, 0.1) is 17.6 Å². The summed E-state index contributed by atoms with van der Waals surface area (Å²) in [6.45, 7) is 7.35. The molecule has 2 amide bonds. The number of carbonyl (C=O) groups is 2. The first-order valence-corrected chi connectivity index (χ1v) is 11.9. The molecule has 0 bridgehead atoms. The van der Waals surface area contributed by atoms with Gasteiger partial charge in [-0.15, -0.1) is 0 Å². The second kappa shape index (κ2) is 11.6. The van der Waals surface area contributed by atoms with Gasteiger partial charge in [-0.1, -0.05) is 24.3 Å². The summed E-state index contributed by atoms with van der Waals surface area (Å²) in [4.78, 5) is 34.3. The lowest BCUT2D eigenvalue weighted by molar-refractivity contribution is 0.0523. The summed E-state index contributed by atoms with van der Waals surface area (Å²) in [7, 11) is 3.38. The van der Waals surface area contributed by atoms with Gasteiger partial charge in [0.25, 0.3) is 5.91 Å². The second-order valence-corrected chi connectivity index (χ2v) is 9.78. The van der Waals surface area contributed by atoms with E-state index in [9.17, 15) is 9.59 Å². The summed E-state index contributed by atoms with van der Waals surface area (Å²) in [6, 6.07) is 13.8. The van der Waals surface area contributed by atoms with Crippen LogP contribution in [0.25, 0.3) is 11.3 Å². The molecule has 0 aliphatic rings. The standard InChI is InChI=1S/C28H32N6O4/c1-17-23(33-22(16-31-17)19-11-13-21(14-12-19)26(35)34(5)6)25(30)37-24(29)20-9-7-18(8-10-20)15-32-27(36)38-28(2,3)4/h7-14,16,29-30H,15H2,1-6H3,(H,32,36). The van der Waals surface area contributed by atoms with Crippen molar-refractivity contribution < 1.29 is 19.1 Å². The summed E-state index contributed by atoms with van der Waals surface area (Å²) >= 11 is 0. The minimum atomic E-state index is -0.579. The SMILES string of the molecule is Cc1ncc(-c2ccc(C(=O)N(C)C)cc2)nc1C(=N)OC(=N)c1ccc(CNC(=O)OC(C)(C)C)cc1. The van der Waals surface area contributed by atoms with Gasteiger partial charge in [0.15, 0.2) is 0 Å². The monoisotopic (exact) mass is 516 g/mol. The molecule has 0 saturated carbocycles. The fourth-order valence-electron chi connectivity index (χ4n) is 3.32. The van der Waals surface area contributed by atoms with Crippen molar-refractivity contribution >= 4 is 23.8 Å². The zero-order valence-electron chi connectivity index (χ0n) is 22.4. The first-order valence-electron chi connectivity index (χ1n) is 11.9. The number of rotatable bonds is 6. The number of benzene rings is 2. The molecular weight excluding hydrogens is 484 g/mol. The Labute approximate surface area is 222 Å². The van der Waals surface area contributed by atoms with Gasteiger partial charge in [-0.05, 0) is 57.5 Å². The third-order valence-corrected chi connectivity index (χ3v) is 5.26. The molecule has 3 aromatic rings. The summed E-state index contributed by atoms with van der Waals surface area (Å²) in [6.07, 6.45) is 1.08. The molecule has 0 aliphatic carbocycles. The maximum atomic E-state index is 12.1. The van der Waals surface area contributed by atoms with Crippen molar-refractivity contribution in [2.75, 3.05) is 14.1 Å². The molecule has 3 rings (SSSR count). The Balaban J connectivity index is 1.66. The van der Waals surface area contributed by atoms with Crippen molar-refractivity contribution in [2.45, 2.75) is 39.8 Å². The number of aryl methyl sites for hydroxylation is 1. The normalized spacial score (nSPS) is 10.9. The van der Waals surface area contributed by atoms with E-state index in [0.717, 1.165) is 11.1 Å². The van der Waals surface area contributed by atoms with Crippen LogP contribution in [0.3, 0.4) is 0 Å². The summed E-state index contributed by atoms with van der Waals surface area (Å²) in [5, 5.41) is 19.4. The van der Waals surface area contributed by atoms with Gasteiger partial charge in [0.2, 0.25) is 11.8 Å². The number of hydrogen-bond donors (Lipinski definition) is 3. The highest BCUT2D eigenvalue weighted by atomic mass is 16.6. The van der Waals surface area contributed by atoms with E-state index in [2.05, 4.69) is 15.3 Å². The highest BCUT2D eigenvalue weighted by Gasteiger charge is 2.17. The number of nitrogens with zero attached hydrogens (tertiary/aromatic N) is 3. The van der Waals surface area contributed by atoms with E-state index in [1.807, 2.05) is 0 Å². The van der Waals surface area contributed by atoms with Gasteiger partial charge >= 0.3 is 6.09 Å². The second-order valence-electron chi connectivity index (χ2n) is 9.78. The molecule has 3 N–H and O–H groups in total. The van der Waals surface area contributed by atoms with E-state index in [-0.39, 0.29) is 29.9 Å². The predicted octanol–water partition coefficient (Wildman–Crippen LogP) is 4.55. The van der Waals surface area contributed by atoms with E-state index >= 15 is 0 Å². The van der Waals surface area contributed by atoms with Crippen LogP contribution in [0.1, 0.15) is 53.6 Å². The largest absolute Gasteiger partial charge is 0.444 e. The zero-order chi connectivity index (χ0) is 28.0. The van der Waals surface area contributed by atoms with Gasteiger partial charge in [0, 0.05) is 37.3 Å². The number of ether oxygens (including phenoxy) is 2. The molecule has 0 radical (unpaired) electrons. The van der Waals surface area contributed by atoms with E-state index in [1.54, 1.807) is 96.5 Å². The van der Waals surface area contributed by atoms with Crippen molar-refractivity contribution in [2.24, 2.45) is 0 Å². The van der Waals surface area contributed by atoms with E-state index in [0.29, 0.717) is 22.5 Å². The van der Waals surface area contributed by atoms with Crippen LogP contribution in [-0.4, -0.2) is 58.4 Å². The Hall–Kier alpha value is -4.60. The van der Waals surface area contributed by atoms with Gasteiger partial charge < -0.3 is 19.7 Å². The summed E-state index contributed by atoms with van der Waals surface area (Å²) in [5.74, 6) is -0.634. The molecule has 2 aromatic carbocycles. The van der Waals surface area contributed by atoms with Crippen LogP contribution in [0.4, 0.5) is 4.79 Å². The molecule has 198 valence electrons. The highest BCUT2D eigenvalue weighted by molar-refractivity contribution is 6.04. The summed E-state index contributed by atoms with van der Waals surface area (Å²) < 4.78 is 10.7. The smallest absolute Gasteiger partial charge is 0.407 e. The molecule has 1 aromatic heterocycles. The van der Waals surface area contributed by atoms with Crippen molar-refractivity contribution in [3.63, 3.8) is 0 Å². The molecule has 0 aliphatic heterocycles. The molecule has 0 fully saturated rings. The maximum Gasteiger partial charge on any atom is 0.407 e. The fourth-order valence-corrected chi connectivity index (χ4v) is 3.32. The van der Waals surface area contributed by atoms with Crippen LogP contribution in [0.2, 0.25) is 0 Å². The van der Waals surface area contributed by atoms with Crippen molar-refractivity contribution in [3.05, 3.63) is 82.8 Å². The zero-order valence-corrected chi connectivity index (χ0v) is 22.4. The van der Waals surface area contributed by atoms with E-state index in [4.69, 9.17) is 20.3 Å². The summed E-state index contributed by atoms with van der Waals surface area (Å²) in [5.41, 5.74) is 3.17. The fraction of sp³-hybridized carbons (Fsp3) is 0.286.